The molecule has 1 aliphatic rings. The quantitative estimate of drug-likeness (QED) is 0.339. The number of benzene rings is 3. The van der Waals surface area contributed by atoms with Crippen LogP contribution < -0.4 is 0 Å². The molecule has 5 heteroatoms. The molecular weight excluding hydrogens is 438 g/mol. The van der Waals surface area contributed by atoms with E-state index < -0.39 is 5.60 Å². The van der Waals surface area contributed by atoms with Gasteiger partial charge in [0.25, 0.3) is 0 Å². The first kappa shape index (κ1) is 23.1. The third-order valence-corrected chi connectivity index (χ3v) is 7.11. The number of ketones is 1. The van der Waals surface area contributed by atoms with E-state index in [4.69, 9.17) is 11.6 Å². The number of carbonyl (C=O) groups is 1. The van der Waals surface area contributed by atoms with Gasteiger partial charge >= 0.3 is 0 Å². The van der Waals surface area contributed by atoms with Crippen LogP contribution in [0.4, 0.5) is 0 Å². The zero-order valence-corrected chi connectivity index (χ0v) is 19.6. The van der Waals surface area contributed by atoms with Gasteiger partial charge in [-0.15, -0.1) is 0 Å². The number of hydrogen-bond donors (Lipinski definition) is 2. The van der Waals surface area contributed by atoms with E-state index in [-0.39, 0.29) is 11.0 Å². The number of aliphatic hydroxyl groups is 1. The largest absolute Gasteiger partial charge is 0.385 e. The van der Waals surface area contributed by atoms with Crippen molar-refractivity contribution >= 4 is 30.0 Å². The Morgan fingerprint density at radius 3 is 2.16 bits per heavy atom. The Morgan fingerprint density at radius 1 is 0.938 bits per heavy atom. The first-order chi connectivity index (χ1) is 15.4. The van der Waals surface area contributed by atoms with Crippen LogP contribution in [0.3, 0.4) is 0 Å². The predicted molar refractivity (Wildman–Crippen MR) is 135 cm³/mol. The maximum atomic E-state index is 12.8. The molecule has 1 fully saturated rings. The molecule has 0 spiro atoms. The zero-order chi connectivity index (χ0) is 22.6. The van der Waals surface area contributed by atoms with Crippen molar-refractivity contribution in [1.29, 1.82) is 0 Å². The highest BCUT2D eigenvalue weighted by molar-refractivity contribution is 7.81. The van der Waals surface area contributed by atoms with Crippen LogP contribution in [-0.2, 0) is 5.60 Å². The highest BCUT2D eigenvalue weighted by Crippen LogP contribution is 2.33. The molecule has 0 amide bonds. The van der Waals surface area contributed by atoms with Gasteiger partial charge in [0.2, 0.25) is 0 Å². The lowest BCUT2D eigenvalue weighted by atomic mass is 9.84. The molecule has 0 saturated carbocycles. The highest BCUT2D eigenvalue weighted by Gasteiger charge is 2.34. The Kier molecular flexibility index (Phi) is 7.37. The molecule has 1 aliphatic heterocycles. The fourth-order valence-corrected chi connectivity index (χ4v) is 4.67. The van der Waals surface area contributed by atoms with Gasteiger partial charge in [0.05, 0.1) is 10.9 Å². The van der Waals surface area contributed by atoms with Crippen molar-refractivity contribution in [1.82, 2.24) is 4.90 Å². The average molecular weight is 466 g/mol. The van der Waals surface area contributed by atoms with Gasteiger partial charge in [-0.2, -0.15) is 12.6 Å². The average Bonchev–Trinajstić information content (AvgIpc) is 2.84. The van der Waals surface area contributed by atoms with Crippen LogP contribution in [0.25, 0.3) is 11.1 Å². The first-order valence-electron chi connectivity index (χ1n) is 11.0. The van der Waals surface area contributed by atoms with Crippen molar-refractivity contribution in [3.63, 3.8) is 0 Å². The molecule has 0 aliphatic carbocycles. The Hall–Kier alpha value is -2.11. The number of carbonyl (C=O) groups excluding carboxylic acids is 1. The molecule has 0 bridgehead atoms. The summed E-state index contributed by atoms with van der Waals surface area (Å²) in [7, 11) is 0. The van der Waals surface area contributed by atoms with Gasteiger partial charge in [-0.25, -0.2) is 0 Å². The fourth-order valence-electron chi connectivity index (χ4n) is 4.28. The number of Topliss-reactive ketones (excluding diaryl/α,β-unsaturated/α-hetero) is 1. The summed E-state index contributed by atoms with van der Waals surface area (Å²) < 4.78 is 0. The summed E-state index contributed by atoms with van der Waals surface area (Å²) in [6.07, 6.45) is 2.02. The standard InChI is InChI=1S/C27H28ClNO2S/c28-24-12-10-23(11-13-24)27(31)15-18-29(19-16-27)17-14-25(32)26(30)22-8-6-21(7-9-22)20-4-2-1-3-5-20/h1-13,25,31-32H,14-19H2. The first-order valence-corrected chi connectivity index (χ1v) is 11.9. The number of piperidine rings is 1. The summed E-state index contributed by atoms with van der Waals surface area (Å²) in [5.74, 6) is 0.0580. The Morgan fingerprint density at radius 2 is 1.53 bits per heavy atom. The third kappa shape index (κ3) is 5.44. The second kappa shape index (κ2) is 10.2. The van der Waals surface area contributed by atoms with Crippen molar-refractivity contribution in [2.45, 2.75) is 30.1 Å². The van der Waals surface area contributed by atoms with Crippen molar-refractivity contribution < 1.29 is 9.90 Å². The molecule has 166 valence electrons. The molecule has 0 aromatic heterocycles. The summed E-state index contributed by atoms with van der Waals surface area (Å²) in [6.45, 7) is 2.37. The molecule has 1 N–H and O–H groups in total. The van der Waals surface area contributed by atoms with Crippen LogP contribution in [0.2, 0.25) is 5.02 Å². The van der Waals surface area contributed by atoms with Crippen molar-refractivity contribution in [2.75, 3.05) is 19.6 Å². The summed E-state index contributed by atoms with van der Waals surface area (Å²) in [4.78, 5) is 15.1. The van der Waals surface area contributed by atoms with E-state index >= 15 is 0 Å². The lowest BCUT2D eigenvalue weighted by Gasteiger charge is -2.38. The smallest absolute Gasteiger partial charge is 0.175 e. The zero-order valence-electron chi connectivity index (χ0n) is 18.0. The Labute approximate surface area is 200 Å². The monoisotopic (exact) mass is 465 g/mol. The van der Waals surface area contributed by atoms with E-state index in [1.165, 1.54) is 0 Å². The van der Waals surface area contributed by atoms with Crippen LogP contribution in [0.1, 0.15) is 35.2 Å². The Balaban J connectivity index is 1.28. The molecule has 1 saturated heterocycles. The van der Waals surface area contributed by atoms with Gasteiger partial charge in [-0.1, -0.05) is 78.3 Å². The SMILES string of the molecule is O=C(c1ccc(-c2ccccc2)cc1)C(S)CCN1CCC(O)(c2ccc(Cl)cc2)CC1. The van der Waals surface area contributed by atoms with Crippen molar-refractivity contribution in [2.24, 2.45) is 0 Å². The minimum Gasteiger partial charge on any atom is -0.385 e. The second-order valence-electron chi connectivity index (χ2n) is 8.49. The second-order valence-corrected chi connectivity index (χ2v) is 9.55. The summed E-state index contributed by atoms with van der Waals surface area (Å²) >= 11 is 10.6. The van der Waals surface area contributed by atoms with E-state index in [0.29, 0.717) is 29.8 Å². The summed E-state index contributed by atoms with van der Waals surface area (Å²) in [5, 5.41) is 11.4. The topological polar surface area (TPSA) is 40.5 Å². The number of halogens is 1. The Bertz CT molecular complexity index is 1030. The molecule has 1 unspecified atom stereocenters. The van der Waals surface area contributed by atoms with Gasteiger partial charge in [0, 0.05) is 23.7 Å². The van der Waals surface area contributed by atoms with E-state index in [9.17, 15) is 9.90 Å². The van der Waals surface area contributed by atoms with Crippen molar-refractivity contribution in [3.05, 3.63) is 95.0 Å². The lowest BCUT2D eigenvalue weighted by molar-refractivity contribution is -0.0259. The predicted octanol–water partition coefficient (Wildman–Crippen LogP) is 5.86. The molecule has 1 heterocycles. The van der Waals surface area contributed by atoms with E-state index in [1.54, 1.807) is 0 Å². The molecular formula is C27H28ClNO2S. The van der Waals surface area contributed by atoms with Gasteiger partial charge in [-0.05, 0) is 54.6 Å². The number of thiol groups is 1. The maximum absolute atomic E-state index is 12.8. The molecule has 4 rings (SSSR count). The fraction of sp³-hybridized carbons (Fsp3) is 0.296. The molecule has 3 nitrogen and oxygen atoms in total. The van der Waals surface area contributed by atoms with Crippen LogP contribution in [0, 0.1) is 0 Å². The highest BCUT2D eigenvalue weighted by atomic mass is 35.5. The van der Waals surface area contributed by atoms with Gasteiger partial charge in [0.15, 0.2) is 5.78 Å². The van der Waals surface area contributed by atoms with Crippen molar-refractivity contribution in [3.8, 4) is 11.1 Å². The molecule has 3 aromatic rings. The van der Waals surface area contributed by atoms with Gasteiger partial charge < -0.3 is 10.0 Å². The van der Waals surface area contributed by atoms with Crippen LogP contribution in [0.5, 0.6) is 0 Å². The maximum Gasteiger partial charge on any atom is 0.175 e. The molecule has 1 atom stereocenters. The van der Waals surface area contributed by atoms with Gasteiger partial charge in [0.1, 0.15) is 0 Å². The van der Waals surface area contributed by atoms with E-state index in [1.807, 2.05) is 66.7 Å². The molecule has 0 radical (unpaired) electrons. The number of rotatable bonds is 7. The summed E-state index contributed by atoms with van der Waals surface area (Å²) in [5.41, 5.74) is 3.04. The number of nitrogens with zero attached hydrogens (tertiary/aromatic N) is 1. The third-order valence-electron chi connectivity index (χ3n) is 6.36. The minimum atomic E-state index is -0.808. The molecule has 32 heavy (non-hydrogen) atoms. The minimum absolute atomic E-state index is 0.0580. The van der Waals surface area contributed by atoms with Crippen LogP contribution >= 0.6 is 24.2 Å². The van der Waals surface area contributed by atoms with Crippen LogP contribution in [0.15, 0.2) is 78.9 Å². The van der Waals surface area contributed by atoms with Crippen LogP contribution in [-0.4, -0.2) is 40.7 Å². The number of likely N-dealkylation sites (tertiary alicyclic amines) is 1. The normalized spacial score (nSPS) is 17.1. The number of hydrogen-bond acceptors (Lipinski definition) is 4. The molecule has 3 aromatic carbocycles. The van der Waals surface area contributed by atoms with E-state index in [2.05, 4.69) is 29.7 Å². The van der Waals surface area contributed by atoms with E-state index in [0.717, 1.165) is 36.3 Å². The summed E-state index contributed by atoms with van der Waals surface area (Å²) in [6, 6.07) is 25.4. The lowest BCUT2D eigenvalue weighted by Crippen LogP contribution is -2.43. The van der Waals surface area contributed by atoms with Gasteiger partial charge in [-0.3, -0.25) is 4.79 Å².